The maximum absolute atomic E-state index is 9.02. The molecule has 20 heavy (non-hydrogen) atoms. The summed E-state index contributed by atoms with van der Waals surface area (Å²) in [6.45, 7) is 6.02. The Bertz CT molecular complexity index is 674. The number of nitriles is 1. The molecule has 0 fully saturated rings. The van der Waals surface area contributed by atoms with E-state index in [1.165, 1.54) is 12.4 Å². The molecule has 1 heterocycles. The fraction of sp³-hybridized carbons (Fsp3) is 0.267. The molecule has 5 nitrogen and oxygen atoms in total. The van der Waals surface area contributed by atoms with Crippen LogP contribution in [-0.2, 0) is 0 Å². The molecule has 5 heteroatoms. The first-order chi connectivity index (χ1) is 9.52. The van der Waals surface area contributed by atoms with Crippen LogP contribution in [0.15, 0.2) is 24.5 Å². The number of aromatic nitrogens is 2. The van der Waals surface area contributed by atoms with Crippen molar-refractivity contribution in [1.29, 1.82) is 5.26 Å². The number of nitrogen functional groups attached to an aromatic ring is 1. The highest BCUT2D eigenvalue weighted by Crippen LogP contribution is 2.33. The van der Waals surface area contributed by atoms with Crippen LogP contribution in [0.5, 0.6) is 11.6 Å². The summed E-state index contributed by atoms with van der Waals surface area (Å²) in [5.41, 5.74) is 8.73. The number of hydrogen-bond acceptors (Lipinski definition) is 5. The third-order valence-corrected chi connectivity index (χ3v) is 3.00. The molecule has 0 aliphatic heterocycles. The summed E-state index contributed by atoms with van der Waals surface area (Å²) in [4.78, 5) is 7.99. The molecule has 0 unspecified atom stereocenters. The van der Waals surface area contributed by atoms with Crippen LogP contribution in [-0.4, -0.2) is 9.97 Å². The predicted octanol–water partition coefficient (Wildman–Crippen LogP) is 3.15. The Hall–Kier alpha value is -2.61. The molecular weight excluding hydrogens is 252 g/mol. The van der Waals surface area contributed by atoms with Crippen LogP contribution < -0.4 is 10.5 Å². The van der Waals surface area contributed by atoms with Gasteiger partial charge in [0.15, 0.2) is 0 Å². The van der Waals surface area contributed by atoms with Crippen LogP contribution in [0.4, 0.5) is 5.69 Å². The van der Waals surface area contributed by atoms with E-state index in [9.17, 15) is 0 Å². The quantitative estimate of drug-likeness (QED) is 0.864. The molecule has 2 N–H and O–H groups in total. The minimum Gasteiger partial charge on any atom is -0.436 e. The molecule has 1 aromatic carbocycles. The molecule has 0 aliphatic carbocycles. The van der Waals surface area contributed by atoms with E-state index in [1.807, 2.05) is 25.1 Å². The van der Waals surface area contributed by atoms with Gasteiger partial charge in [-0.1, -0.05) is 13.8 Å². The first-order valence-electron chi connectivity index (χ1n) is 6.32. The summed E-state index contributed by atoms with van der Waals surface area (Å²) in [7, 11) is 0. The molecule has 0 saturated heterocycles. The fourth-order valence-electron chi connectivity index (χ4n) is 1.84. The Labute approximate surface area is 118 Å². The number of benzene rings is 1. The molecule has 2 aromatic rings. The maximum atomic E-state index is 9.02. The Balaban J connectivity index is 2.48. The van der Waals surface area contributed by atoms with Gasteiger partial charge in [0.2, 0.25) is 5.69 Å². The predicted molar refractivity (Wildman–Crippen MR) is 76.5 cm³/mol. The number of nitrogens with two attached hydrogens (primary N) is 1. The first kappa shape index (κ1) is 13.8. The lowest BCUT2D eigenvalue weighted by molar-refractivity contribution is 0.449. The van der Waals surface area contributed by atoms with Crippen LogP contribution in [0.3, 0.4) is 0 Å². The van der Waals surface area contributed by atoms with Gasteiger partial charge in [-0.25, -0.2) is 9.97 Å². The lowest BCUT2D eigenvalue weighted by Crippen LogP contribution is -2.01. The van der Waals surface area contributed by atoms with E-state index < -0.39 is 0 Å². The van der Waals surface area contributed by atoms with E-state index in [2.05, 4.69) is 23.8 Å². The van der Waals surface area contributed by atoms with Gasteiger partial charge in [-0.15, -0.1) is 0 Å². The average molecular weight is 268 g/mol. The molecule has 0 spiro atoms. The summed E-state index contributed by atoms with van der Waals surface area (Å²) >= 11 is 0. The smallest absolute Gasteiger partial charge is 0.256 e. The first-order valence-corrected chi connectivity index (χ1v) is 6.32. The molecule has 0 saturated carbocycles. The summed E-state index contributed by atoms with van der Waals surface area (Å²) in [5, 5.41) is 9.02. The van der Waals surface area contributed by atoms with Crippen LogP contribution in [0.25, 0.3) is 0 Å². The van der Waals surface area contributed by atoms with Crippen molar-refractivity contribution in [3.05, 3.63) is 41.3 Å². The number of rotatable bonds is 3. The molecule has 0 amide bonds. The molecule has 2 rings (SSSR count). The zero-order valence-electron chi connectivity index (χ0n) is 11.7. The Morgan fingerprint density at radius 1 is 1.25 bits per heavy atom. The summed E-state index contributed by atoms with van der Waals surface area (Å²) < 4.78 is 5.78. The van der Waals surface area contributed by atoms with Crippen molar-refractivity contribution in [2.24, 2.45) is 0 Å². The minimum absolute atomic E-state index is 0.164. The van der Waals surface area contributed by atoms with Crippen LogP contribution in [0.2, 0.25) is 0 Å². The normalized spacial score (nSPS) is 10.3. The number of anilines is 1. The van der Waals surface area contributed by atoms with Crippen molar-refractivity contribution in [3.63, 3.8) is 0 Å². The largest absolute Gasteiger partial charge is 0.436 e. The lowest BCUT2D eigenvalue weighted by atomic mass is 9.99. The average Bonchev–Trinajstić information content (AvgIpc) is 2.43. The van der Waals surface area contributed by atoms with Gasteiger partial charge in [0.1, 0.15) is 11.8 Å². The fourth-order valence-corrected chi connectivity index (χ4v) is 1.84. The summed E-state index contributed by atoms with van der Waals surface area (Å²) in [5.74, 6) is 1.11. The second kappa shape index (κ2) is 5.57. The second-order valence-corrected chi connectivity index (χ2v) is 4.83. The number of nitrogens with zero attached hydrogens (tertiary/aromatic N) is 3. The third-order valence-electron chi connectivity index (χ3n) is 3.00. The van der Waals surface area contributed by atoms with Crippen molar-refractivity contribution in [2.75, 3.05) is 5.73 Å². The zero-order chi connectivity index (χ0) is 14.7. The van der Waals surface area contributed by atoms with E-state index in [4.69, 9.17) is 15.7 Å². The van der Waals surface area contributed by atoms with E-state index >= 15 is 0 Å². The minimum atomic E-state index is 0.164. The molecule has 0 aliphatic rings. The monoisotopic (exact) mass is 268 g/mol. The number of aryl methyl sites for hydroxylation is 1. The summed E-state index contributed by atoms with van der Waals surface area (Å²) in [6.07, 6.45) is 2.96. The van der Waals surface area contributed by atoms with Gasteiger partial charge in [0, 0.05) is 18.1 Å². The molecule has 0 atom stereocenters. The molecule has 0 radical (unpaired) electrons. The molecule has 0 bridgehead atoms. The van der Waals surface area contributed by atoms with E-state index in [0.29, 0.717) is 5.75 Å². The van der Waals surface area contributed by atoms with Gasteiger partial charge < -0.3 is 10.5 Å². The van der Waals surface area contributed by atoms with Crippen molar-refractivity contribution in [1.82, 2.24) is 9.97 Å². The lowest BCUT2D eigenvalue weighted by Gasteiger charge is -2.15. The number of ether oxygens (including phenoxy) is 1. The van der Waals surface area contributed by atoms with Crippen LogP contribution >= 0.6 is 0 Å². The van der Waals surface area contributed by atoms with Crippen molar-refractivity contribution >= 4 is 5.69 Å². The van der Waals surface area contributed by atoms with Crippen molar-refractivity contribution in [3.8, 4) is 17.7 Å². The van der Waals surface area contributed by atoms with Crippen molar-refractivity contribution < 1.29 is 4.74 Å². The number of hydrogen-bond donors (Lipinski definition) is 1. The SMILES string of the molecule is Cc1cc(Oc2nccnc2C#N)c(C(C)C)cc1N. The highest BCUT2D eigenvalue weighted by atomic mass is 16.5. The second-order valence-electron chi connectivity index (χ2n) is 4.83. The highest BCUT2D eigenvalue weighted by Gasteiger charge is 2.14. The van der Waals surface area contributed by atoms with Crippen LogP contribution in [0, 0.1) is 18.3 Å². The Kier molecular flexibility index (Phi) is 3.85. The summed E-state index contributed by atoms with van der Waals surface area (Å²) in [6, 6.07) is 5.73. The van der Waals surface area contributed by atoms with Gasteiger partial charge in [0.25, 0.3) is 5.88 Å². The Morgan fingerprint density at radius 2 is 1.95 bits per heavy atom. The highest BCUT2D eigenvalue weighted by molar-refractivity contribution is 5.56. The van der Waals surface area contributed by atoms with Crippen molar-refractivity contribution in [2.45, 2.75) is 26.7 Å². The standard InChI is InChI=1S/C15H16N4O/c1-9(2)11-7-12(17)10(3)6-14(11)20-15-13(8-16)18-4-5-19-15/h4-7,9H,17H2,1-3H3. The maximum Gasteiger partial charge on any atom is 0.256 e. The molecule has 1 aromatic heterocycles. The van der Waals surface area contributed by atoms with Gasteiger partial charge in [0.05, 0.1) is 0 Å². The van der Waals surface area contributed by atoms with Gasteiger partial charge in [-0.2, -0.15) is 5.26 Å². The Morgan fingerprint density at radius 3 is 2.60 bits per heavy atom. The van der Waals surface area contributed by atoms with Crippen LogP contribution in [0.1, 0.15) is 36.6 Å². The van der Waals surface area contributed by atoms with Gasteiger partial charge in [-0.05, 0) is 36.1 Å². The van der Waals surface area contributed by atoms with Gasteiger partial charge >= 0.3 is 0 Å². The van der Waals surface area contributed by atoms with Gasteiger partial charge in [-0.3, -0.25) is 0 Å². The van der Waals surface area contributed by atoms with E-state index in [1.54, 1.807) is 0 Å². The van der Waals surface area contributed by atoms with E-state index in [-0.39, 0.29) is 17.5 Å². The third kappa shape index (κ3) is 2.69. The zero-order valence-corrected chi connectivity index (χ0v) is 11.7. The van der Waals surface area contributed by atoms with E-state index in [0.717, 1.165) is 16.8 Å². The molecule has 102 valence electrons. The topological polar surface area (TPSA) is 84.8 Å². The molecular formula is C15H16N4O.